The van der Waals surface area contributed by atoms with Crippen molar-refractivity contribution in [1.29, 1.82) is 0 Å². The zero-order valence-electron chi connectivity index (χ0n) is 14.3. The lowest BCUT2D eigenvalue weighted by molar-refractivity contribution is -0.127. The number of fused-ring (bicyclic) bond motifs is 1. The number of hydrogen-bond donors (Lipinski definition) is 2. The lowest BCUT2D eigenvalue weighted by Gasteiger charge is -2.32. The normalized spacial score (nSPS) is 21.5. The number of pyridine rings is 2. The van der Waals surface area contributed by atoms with E-state index in [0.717, 1.165) is 61.8 Å². The van der Waals surface area contributed by atoms with E-state index in [1.807, 2.05) is 24.4 Å². The zero-order chi connectivity index (χ0) is 17.3. The third kappa shape index (κ3) is 2.88. The molecule has 130 valence electrons. The Hall–Kier alpha value is -2.43. The molecule has 0 radical (unpaired) electrons. The third-order valence-electron chi connectivity index (χ3n) is 5.74. The summed E-state index contributed by atoms with van der Waals surface area (Å²) in [6, 6.07) is 7.31. The summed E-state index contributed by atoms with van der Waals surface area (Å²) in [6.07, 6.45) is 10.2. The van der Waals surface area contributed by atoms with Crippen molar-refractivity contribution in [2.24, 2.45) is 0 Å². The maximum atomic E-state index is 13.3. The van der Waals surface area contributed by atoms with Crippen molar-refractivity contribution in [3.8, 4) is 0 Å². The Labute approximate surface area is 146 Å². The molecular formula is C20H23N3O2. The van der Waals surface area contributed by atoms with E-state index < -0.39 is 5.41 Å². The molecule has 0 bridgehead atoms. The van der Waals surface area contributed by atoms with Crippen LogP contribution in [0.3, 0.4) is 0 Å². The Kier molecular flexibility index (Phi) is 4.15. The number of rotatable bonds is 3. The summed E-state index contributed by atoms with van der Waals surface area (Å²) in [4.78, 5) is 32.0. The first-order chi connectivity index (χ1) is 12.2. The van der Waals surface area contributed by atoms with Crippen LogP contribution in [0.4, 0.5) is 0 Å². The topological polar surface area (TPSA) is 74.8 Å². The number of aromatic nitrogens is 2. The molecule has 1 saturated carbocycles. The molecule has 2 aliphatic carbocycles. The van der Waals surface area contributed by atoms with E-state index in [4.69, 9.17) is 0 Å². The van der Waals surface area contributed by atoms with Gasteiger partial charge >= 0.3 is 0 Å². The van der Waals surface area contributed by atoms with Gasteiger partial charge in [-0.25, -0.2) is 0 Å². The van der Waals surface area contributed by atoms with Gasteiger partial charge in [-0.3, -0.25) is 14.6 Å². The first kappa shape index (κ1) is 16.1. The fraction of sp³-hybridized carbons (Fsp3) is 0.450. The van der Waals surface area contributed by atoms with Crippen molar-refractivity contribution in [2.45, 2.75) is 56.4 Å². The van der Waals surface area contributed by atoms with Gasteiger partial charge in [0.25, 0.3) is 0 Å². The number of hydrogen-bond acceptors (Lipinski definition) is 3. The number of carbonyl (C=O) groups excluding carboxylic acids is 1. The summed E-state index contributed by atoms with van der Waals surface area (Å²) in [7, 11) is 0. The van der Waals surface area contributed by atoms with Gasteiger partial charge in [0.05, 0.1) is 11.5 Å². The summed E-state index contributed by atoms with van der Waals surface area (Å²) in [6.45, 7) is 0. The Morgan fingerprint density at radius 2 is 2.04 bits per heavy atom. The van der Waals surface area contributed by atoms with Gasteiger partial charge in [-0.15, -0.1) is 0 Å². The molecule has 1 fully saturated rings. The van der Waals surface area contributed by atoms with Gasteiger partial charge in [0.2, 0.25) is 11.5 Å². The molecule has 4 rings (SSSR count). The molecule has 0 aromatic carbocycles. The molecule has 1 atom stereocenters. The molecule has 0 saturated heterocycles. The summed E-state index contributed by atoms with van der Waals surface area (Å²) < 4.78 is 0. The SMILES string of the molecule is O=C(NC1CCCc2[nH]c(=O)ccc21)C1(c2cccnc2)CCCC1. The van der Waals surface area contributed by atoms with Crippen LogP contribution in [0.25, 0.3) is 0 Å². The fourth-order valence-electron chi connectivity index (χ4n) is 4.42. The second kappa shape index (κ2) is 6.47. The predicted octanol–water partition coefficient (Wildman–Crippen LogP) is 2.78. The molecule has 25 heavy (non-hydrogen) atoms. The molecule has 1 unspecified atom stereocenters. The van der Waals surface area contributed by atoms with Gasteiger partial charge in [-0.1, -0.05) is 18.9 Å². The molecule has 5 nitrogen and oxygen atoms in total. The largest absolute Gasteiger partial charge is 0.348 e. The van der Waals surface area contributed by atoms with Crippen LogP contribution < -0.4 is 10.9 Å². The van der Waals surface area contributed by atoms with E-state index in [1.54, 1.807) is 12.3 Å². The zero-order valence-corrected chi connectivity index (χ0v) is 14.3. The molecule has 2 N–H and O–H groups in total. The molecule has 2 aromatic rings. The molecule has 0 aliphatic heterocycles. The minimum Gasteiger partial charge on any atom is -0.348 e. The van der Waals surface area contributed by atoms with Crippen molar-refractivity contribution in [2.75, 3.05) is 0 Å². The van der Waals surface area contributed by atoms with Crippen LogP contribution in [0.2, 0.25) is 0 Å². The number of amides is 1. The minimum atomic E-state index is -0.464. The summed E-state index contributed by atoms with van der Waals surface area (Å²) in [5.74, 6) is 0.0991. The van der Waals surface area contributed by atoms with E-state index in [-0.39, 0.29) is 17.5 Å². The molecule has 0 spiro atoms. The number of aromatic amines is 1. The summed E-state index contributed by atoms with van der Waals surface area (Å²) >= 11 is 0. The highest BCUT2D eigenvalue weighted by Crippen LogP contribution is 2.42. The average Bonchev–Trinajstić information content (AvgIpc) is 3.13. The van der Waals surface area contributed by atoms with Gasteiger partial charge < -0.3 is 10.3 Å². The van der Waals surface area contributed by atoms with Crippen molar-refractivity contribution in [3.63, 3.8) is 0 Å². The third-order valence-corrected chi connectivity index (χ3v) is 5.74. The smallest absolute Gasteiger partial charge is 0.248 e. The lowest BCUT2D eigenvalue weighted by Crippen LogP contribution is -2.45. The van der Waals surface area contributed by atoms with Gasteiger partial charge in [0, 0.05) is 24.2 Å². The van der Waals surface area contributed by atoms with E-state index in [9.17, 15) is 9.59 Å². The molecule has 1 amide bonds. The highest BCUT2D eigenvalue weighted by Gasteiger charge is 2.43. The number of carbonyl (C=O) groups is 1. The monoisotopic (exact) mass is 337 g/mol. The van der Waals surface area contributed by atoms with Gasteiger partial charge in [0.1, 0.15) is 0 Å². The predicted molar refractivity (Wildman–Crippen MR) is 95.3 cm³/mol. The fourth-order valence-corrected chi connectivity index (χ4v) is 4.42. The highest BCUT2D eigenvalue weighted by molar-refractivity contribution is 5.88. The molecule has 2 aliphatic rings. The van der Waals surface area contributed by atoms with Crippen LogP contribution in [-0.2, 0) is 16.6 Å². The van der Waals surface area contributed by atoms with Gasteiger partial charge in [0.15, 0.2) is 0 Å². The van der Waals surface area contributed by atoms with E-state index in [2.05, 4.69) is 15.3 Å². The van der Waals surface area contributed by atoms with Crippen LogP contribution in [0.5, 0.6) is 0 Å². The van der Waals surface area contributed by atoms with E-state index in [1.165, 1.54) is 0 Å². The van der Waals surface area contributed by atoms with Crippen LogP contribution in [0.1, 0.15) is 61.4 Å². The standard InChI is InChI=1S/C20H23N3O2/c24-18-9-8-15-16(22-18)6-3-7-17(15)23-19(25)20(10-1-2-11-20)14-5-4-12-21-13-14/h4-5,8-9,12-13,17H,1-3,6-7,10-11H2,(H,22,24)(H,23,25). The molecule has 2 heterocycles. The second-order valence-corrected chi connectivity index (χ2v) is 7.21. The molecule has 2 aromatic heterocycles. The number of nitrogens with zero attached hydrogens (tertiary/aromatic N) is 1. The Morgan fingerprint density at radius 3 is 2.80 bits per heavy atom. The summed E-state index contributed by atoms with van der Waals surface area (Å²) in [5.41, 5.74) is 2.49. The number of nitrogens with one attached hydrogen (secondary N) is 2. The maximum absolute atomic E-state index is 13.3. The number of aryl methyl sites for hydroxylation is 1. The highest BCUT2D eigenvalue weighted by atomic mass is 16.2. The van der Waals surface area contributed by atoms with E-state index in [0.29, 0.717) is 0 Å². The first-order valence-corrected chi connectivity index (χ1v) is 9.13. The van der Waals surface area contributed by atoms with Crippen LogP contribution in [-0.4, -0.2) is 15.9 Å². The Morgan fingerprint density at radius 1 is 1.20 bits per heavy atom. The lowest BCUT2D eigenvalue weighted by atomic mass is 9.78. The Balaban J connectivity index is 1.63. The maximum Gasteiger partial charge on any atom is 0.248 e. The van der Waals surface area contributed by atoms with E-state index >= 15 is 0 Å². The quantitative estimate of drug-likeness (QED) is 0.904. The van der Waals surface area contributed by atoms with Crippen LogP contribution in [0, 0.1) is 0 Å². The van der Waals surface area contributed by atoms with Crippen molar-refractivity contribution < 1.29 is 4.79 Å². The second-order valence-electron chi connectivity index (χ2n) is 7.21. The Bertz CT molecular complexity index is 822. The van der Waals surface area contributed by atoms with Crippen LogP contribution in [0.15, 0.2) is 41.5 Å². The van der Waals surface area contributed by atoms with Gasteiger partial charge in [-0.2, -0.15) is 0 Å². The van der Waals surface area contributed by atoms with Crippen LogP contribution >= 0.6 is 0 Å². The molecule has 5 heteroatoms. The first-order valence-electron chi connectivity index (χ1n) is 9.13. The molecular weight excluding hydrogens is 314 g/mol. The van der Waals surface area contributed by atoms with Gasteiger partial charge in [-0.05, 0) is 55.4 Å². The number of H-pyrrole nitrogens is 1. The average molecular weight is 337 g/mol. The minimum absolute atomic E-state index is 0.0257. The van der Waals surface area contributed by atoms with Crippen molar-refractivity contribution >= 4 is 5.91 Å². The van der Waals surface area contributed by atoms with Crippen molar-refractivity contribution in [3.05, 3.63) is 63.8 Å². The summed E-state index contributed by atoms with van der Waals surface area (Å²) in [5, 5.41) is 3.29. The van der Waals surface area contributed by atoms with Crippen molar-refractivity contribution in [1.82, 2.24) is 15.3 Å².